The third-order valence-corrected chi connectivity index (χ3v) is 6.46. The second-order valence-electron chi connectivity index (χ2n) is 9.41. The molecule has 0 saturated heterocycles. The molecule has 0 heterocycles. The molecule has 0 aromatic carbocycles. The first kappa shape index (κ1) is 30.4. The monoisotopic (exact) mass is 442 g/mol. The van der Waals surface area contributed by atoms with Crippen molar-refractivity contribution >= 4 is 5.97 Å². The van der Waals surface area contributed by atoms with Gasteiger partial charge >= 0.3 is 5.97 Å². The minimum absolute atomic E-state index is 0.105. The summed E-state index contributed by atoms with van der Waals surface area (Å²) < 4.78 is 5.75. The highest BCUT2D eigenvalue weighted by Crippen LogP contribution is 2.21. The predicted molar refractivity (Wildman–Crippen MR) is 132 cm³/mol. The van der Waals surface area contributed by atoms with E-state index in [1.807, 2.05) is 0 Å². The molecule has 4 heteroatoms. The van der Waals surface area contributed by atoms with E-state index in [-0.39, 0.29) is 12.5 Å². The summed E-state index contributed by atoms with van der Waals surface area (Å²) in [6.45, 7) is 5.42. The maximum atomic E-state index is 11.7. The van der Waals surface area contributed by atoms with Crippen LogP contribution in [0.25, 0.3) is 0 Å². The standard InChI is InChI=1S/C27H54O4/c1-3-5-7-9-11-13-14-16-18-20-22-31-24-25(23-28)26(27(29)30)21-19-17-15-12-10-8-6-4-2/h25-26,28H,3-24H2,1-2H3,(H,29,30). The van der Waals surface area contributed by atoms with Crippen molar-refractivity contribution in [2.45, 2.75) is 136 Å². The van der Waals surface area contributed by atoms with E-state index in [9.17, 15) is 15.0 Å². The number of hydrogen-bond donors (Lipinski definition) is 2. The Morgan fingerprint density at radius 3 is 1.52 bits per heavy atom. The molecule has 0 aromatic heterocycles. The van der Waals surface area contributed by atoms with Crippen LogP contribution in [0.3, 0.4) is 0 Å². The summed E-state index contributed by atoms with van der Waals surface area (Å²) in [7, 11) is 0. The van der Waals surface area contributed by atoms with Gasteiger partial charge in [0.25, 0.3) is 0 Å². The van der Waals surface area contributed by atoms with Crippen molar-refractivity contribution in [2.24, 2.45) is 11.8 Å². The maximum absolute atomic E-state index is 11.7. The Balaban J connectivity index is 3.76. The van der Waals surface area contributed by atoms with Gasteiger partial charge < -0.3 is 14.9 Å². The first-order chi connectivity index (χ1) is 15.2. The highest BCUT2D eigenvalue weighted by molar-refractivity contribution is 5.70. The molecule has 0 aliphatic carbocycles. The number of carboxylic acid groups (broad SMARTS) is 1. The molecule has 4 nitrogen and oxygen atoms in total. The van der Waals surface area contributed by atoms with E-state index in [0.29, 0.717) is 19.6 Å². The molecule has 0 rings (SSSR count). The molecule has 2 atom stereocenters. The zero-order chi connectivity index (χ0) is 23.0. The van der Waals surface area contributed by atoms with Gasteiger partial charge in [0.05, 0.1) is 12.5 Å². The predicted octanol–water partition coefficient (Wildman–Crippen LogP) is 7.76. The smallest absolute Gasteiger partial charge is 0.306 e. The number of carbonyl (C=O) groups is 1. The van der Waals surface area contributed by atoms with Crippen LogP contribution in [-0.4, -0.2) is 36.0 Å². The molecule has 186 valence electrons. The van der Waals surface area contributed by atoms with Crippen molar-refractivity contribution in [3.05, 3.63) is 0 Å². The van der Waals surface area contributed by atoms with Crippen molar-refractivity contribution in [1.82, 2.24) is 0 Å². The fourth-order valence-electron chi connectivity index (χ4n) is 4.28. The Kier molecular flexibility index (Phi) is 23.6. The minimum Gasteiger partial charge on any atom is -0.481 e. The Morgan fingerprint density at radius 2 is 1.10 bits per heavy atom. The molecule has 0 aliphatic rings. The SMILES string of the molecule is CCCCCCCCCCCCOCC(CO)C(CCCCCCCCCC)C(=O)O. The third-order valence-electron chi connectivity index (χ3n) is 6.46. The Hall–Kier alpha value is -0.610. The lowest BCUT2D eigenvalue weighted by molar-refractivity contribution is -0.146. The highest BCUT2D eigenvalue weighted by Gasteiger charge is 2.27. The number of unbranched alkanes of at least 4 members (excludes halogenated alkanes) is 16. The second-order valence-corrected chi connectivity index (χ2v) is 9.41. The van der Waals surface area contributed by atoms with Crippen LogP contribution < -0.4 is 0 Å². The number of aliphatic carboxylic acids is 1. The summed E-state index contributed by atoms with van der Waals surface area (Å²) in [6, 6.07) is 0. The van der Waals surface area contributed by atoms with E-state index in [0.717, 1.165) is 19.3 Å². The van der Waals surface area contributed by atoms with Crippen molar-refractivity contribution in [3.63, 3.8) is 0 Å². The number of ether oxygens (including phenoxy) is 1. The maximum Gasteiger partial charge on any atom is 0.306 e. The molecule has 0 spiro atoms. The van der Waals surface area contributed by atoms with Gasteiger partial charge in [-0.3, -0.25) is 4.79 Å². The van der Waals surface area contributed by atoms with Gasteiger partial charge in [0.15, 0.2) is 0 Å². The average molecular weight is 443 g/mol. The molecular weight excluding hydrogens is 388 g/mol. The van der Waals surface area contributed by atoms with Crippen molar-refractivity contribution < 1.29 is 19.7 Å². The van der Waals surface area contributed by atoms with Crippen molar-refractivity contribution in [1.29, 1.82) is 0 Å². The van der Waals surface area contributed by atoms with Crippen molar-refractivity contribution in [2.75, 3.05) is 19.8 Å². The summed E-state index contributed by atoms with van der Waals surface area (Å²) in [5.41, 5.74) is 0. The molecular formula is C27H54O4. The van der Waals surface area contributed by atoms with Gasteiger partial charge in [0.2, 0.25) is 0 Å². The van der Waals surface area contributed by atoms with Crippen molar-refractivity contribution in [3.8, 4) is 0 Å². The third kappa shape index (κ3) is 19.8. The number of rotatable bonds is 25. The minimum atomic E-state index is -0.787. The molecule has 0 saturated carbocycles. The van der Waals surface area contributed by atoms with E-state index in [4.69, 9.17) is 4.74 Å². The summed E-state index contributed by atoms with van der Waals surface area (Å²) in [6.07, 6.45) is 23.2. The highest BCUT2D eigenvalue weighted by atomic mass is 16.5. The average Bonchev–Trinajstić information content (AvgIpc) is 2.76. The van der Waals surface area contributed by atoms with Gasteiger partial charge in [-0.15, -0.1) is 0 Å². The van der Waals surface area contributed by atoms with E-state index in [2.05, 4.69) is 13.8 Å². The topological polar surface area (TPSA) is 66.8 Å². The van der Waals surface area contributed by atoms with E-state index in [1.165, 1.54) is 96.3 Å². The van der Waals surface area contributed by atoms with Crippen LogP contribution in [0.15, 0.2) is 0 Å². The molecule has 2 N–H and O–H groups in total. The Morgan fingerprint density at radius 1 is 0.677 bits per heavy atom. The largest absolute Gasteiger partial charge is 0.481 e. The second kappa shape index (κ2) is 24.0. The van der Waals surface area contributed by atoms with Gasteiger partial charge in [-0.25, -0.2) is 0 Å². The van der Waals surface area contributed by atoms with Gasteiger partial charge in [0, 0.05) is 19.1 Å². The Labute approximate surface area is 193 Å². The summed E-state index contributed by atoms with van der Waals surface area (Å²) >= 11 is 0. The van der Waals surface area contributed by atoms with Gasteiger partial charge in [-0.05, 0) is 12.8 Å². The van der Waals surface area contributed by atoms with Crippen LogP contribution in [0.1, 0.15) is 136 Å². The molecule has 0 fully saturated rings. The van der Waals surface area contributed by atoms with E-state index >= 15 is 0 Å². The number of aliphatic hydroxyl groups excluding tert-OH is 1. The lowest BCUT2D eigenvalue weighted by Crippen LogP contribution is -2.30. The van der Waals surface area contributed by atoms with Gasteiger partial charge in [-0.2, -0.15) is 0 Å². The summed E-state index contributed by atoms with van der Waals surface area (Å²) in [5.74, 6) is -1.56. The Bertz CT molecular complexity index is 372. The van der Waals surface area contributed by atoms with Gasteiger partial charge in [-0.1, -0.05) is 123 Å². The van der Waals surface area contributed by atoms with Crippen LogP contribution in [0.4, 0.5) is 0 Å². The molecule has 0 aromatic rings. The summed E-state index contributed by atoms with van der Waals surface area (Å²) in [4.78, 5) is 11.7. The number of aliphatic hydroxyl groups is 1. The normalized spacial score (nSPS) is 13.4. The van der Waals surface area contributed by atoms with Crippen LogP contribution in [0.5, 0.6) is 0 Å². The lowest BCUT2D eigenvalue weighted by Gasteiger charge is -2.22. The molecule has 0 bridgehead atoms. The van der Waals surface area contributed by atoms with E-state index in [1.54, 1.807) is 0 Å². The lowest BCUT2D eigenvalue weighted by atomic mass is 9.88. The molecule has 0 radical (unpaired) electrons. The zero-order valence-electron chi connectivity index (χ0n) is 20.9. The fourth-order valence-corrected chi connectivity index (χ4v) is 4.28. The van der Waals surface area contributed by atoms with Crippen LogP contribution in [-0.2, 0) is 9.53 Å². The van der Waals surface area contributed by atoms with Crippen LogP contribution in [0.2, 0.25) is 0 Å². The zero-order valence-corrected chi connectivity index (χ0v) is 20.9. The quantitative estimate of drug-likeness (QED) is 0.142. The molecule has 2 unspecified atom stereocenters. The summed E-state index contributed by atoms with van der Waals surface area (Å²) in [5, 5.41) is 19.3. The molecule has 0 amide bonds. The van der Waals surface area contributed by atoms with Crippen LogP contribution >= 0.6 is 0 Å². The van der Waals surface area contributed by atoms with Crippen LogP contribution in [0, 0.1) is 11.8 Å². The first-order valence-electron chi connectivity index (χ1n) is 13.6. The molecule has 31 heavy (non-hydrogen) atoms. The molecule has 0 aliphatic heterocycles. The number of carboxylic acids is 1. The van der Waals surface area contributed by atoms with E-state index < -0.39 is 11.9 Å². The first-order valence-corrected chi connectivity index (χ1v) is 13.6. The van der Waals surface area contributed by atoms with Gasteiger partial charge in [0.1, 0.15) is 0 Å². The number of hydrogen-bond acceptors (Lipinski definition) is 3. The fraction of sp³-hybridized carbons (Fsp3) is 0.963.